The minimum absolute atomic E-state index is 0.0202. The zero-order chi connectivity index (χ0) is 11.2. The van der Waals surface area contributed by atoms with Crippen LogP contribution in [0.1, 0.15) is 6.42 Å². The van der Waals surface area contributed by atoms with Crippen molar-refractivity contribution in [3.63, 3.8) is 0 Å². The monoisotopic (exact) mass is 224 g/mol. The lowest BCUT2D eigenvalue weighted by molar-refractivity contribution is 0.0952. The van der Waals surface area contributed by atoms with Gasteiger partial charge in [-0.1, -0.05) is 0 Å². The highest BCUT2D eigenvalue weighted by Gasteiger charge is 2.56. The molecule has 1 aliphatic carbocycles. The molecular weight excluding hydrogens is 214 g/mol. The molecular formula is C10H10F2N4. The van der Waals surface area contributed by atoms with E-state index >= 15 is 0 Å². The molecule has 0 spiro atoms. The number of H-pyrrole nitrogens is 1. The smallest absolute Gasteiger partial charge is 0.253 e. The topological polar surface area (TPSA) is 46.5 Å². The van der Waals surface area contributed by atoms with Crippen molar-refractivity contribution in [1.29, 1.82) is 0 Å². The van der Waals surface area contributed by atoms with E-state index < -0.39 is 11.8 Å². The van der Waals surface area contributed by atoms with Gasteiger partial charge in [0.25, 0.3) is 5.92 Å². The van der Waals surface area contributed by atoms with Crippen LogP contribution in [0.4, 0.5) is 8.78 Å². The molecule has 1 saturated carbocycles. The van der Waals surface area contributed by atoms with E-state index in [2.05, 4.69) is 15.0 Å². The quantitative estimate of drug-likeness (QED) is 0.865. The first-order valence-corrected chi connectivity index (χ1v) is 5.04. The van der Waals surface area contributed by atoms with Crippen molar-refractivity contribution >= 4 is 0 Å². The van der Waals surface area contributed by atoms with E-state index in [-0.39, 0.29) is 6.42 Å². The molecule has 3 rings (SSSR count). The Bertz CT molecular complexity index is 489. The fourth-order valence-electron chi connectivity index (χ4n) is 1.78. The van der Waals surface area contributed by atoms with Gasteiger partial charge in [0.15, 0.2) is 5.82 Å². The minimum Gasteiger partial charge on any atom is -0.342 e. The molecule has 0 saturated heterocycles. The Balaban J connectivity index is 1.84. The summed E-state index contributed by atoms with van der Waals surface area (Å²) in [5.74, 6) is -2.39. The summed E-state index contributed by atoms with van der Waals surface area (Å²) in [5.41, 5.74) is 0.744. The standard InChI is InChI=1S/C10H10F2N4/c11-10(12)3-7(10)5-16-2-1-14-9(16)8-4-13-6-15-8/h1-2,4,6-7H,3,5H2,(H,13,15). The molecule has 2 aromatic heterocycles. The summed E-state index contributed by atoms with van der Waals surface area (Å²) in [5, 5.41) is 0. The fourth-order valence-corrected chi connectivity index (χ4v) is 1.78. The molecule has 84 valence electrons. The van der Waals surface area contributed by atoms with E-state index in [4.69, 9.17) is 0 Å². The van der Waals surface area contributed by atoms with Gasteiger partial charge in [-0.25, -0.2) is 18.7 Å². The van der Waals surface area contributed by atoms with Crippen LogP contribution in [-0.4, -0.2) is 25.4 Å². The molecule has 1 fully saturated rings. The van der Waals surface area contributed by atoms with Crippen LogP contribution in [0.2, 0.25) is 0 Å². The second-order valence-electron chi connectivity index (χ2n) is 4.03. The molecule has 1 atom stereocenters. The van der Waals surface area contributed by atoms with Gasteiger partial charge in [-0.3, -0.25) is 0 Å². The lowest BCUT2D eigenvalue weighted by atomic mass is 10.3. The number of nitrogens with one attached hydrogen (secondary N) is 1. The van der Waals surface area contributed by atoms with E-state index in [9.17, 15) is 8.78 Å². The van der Waals surface area contributed by atoms with E-state index in [1.54, 1.807) is 29.5 Å². The zero-order valence-corrected chi connectivity index (χ0v) is 8.40. The minimum atomic E-state index is -2.49. The second-order valence-corrected chi connectivity index (χ2v) is 4.03. The maximum absolute atomic E-state index is 12.8. The van der Waals surface area contributed by atoms with Crippen LogP contribution in [0.15, 0.2) is 24.9 Å². The number of halogens is 2. The fraction of sp³-hybridized carbons (Fsp3) is 0.400. The molecule has 0 amide bonds. The van der Waals surface area contributed by atoms with Crippen molar-refractivity contribution in [2.45, 2.75) is 18.9 Å². The molecule has 6 heteroatoms. The predicted octanol–water partition coefficient (Wildman–Crippen LogP) is 1.93. The van der Waals surface area contributed by atoms with Gasteiger partial charge in [0.2, 0.25) is 0 Å². The second kappa shape index (κ2) is 3.13. The maximum atomic E-state index is 12.8. The van der Waals surface area contributed by atoms with Gasteiger partial charge in [-0.05, 0) is 0 Å². The van der Waals surface area contributed by atoms with Crippen LogP contribution in [-0.2, 0) is 6.54 Å². The van der Waals surface area contributed by atoms with Crippen LogP contribution in [0, 0.1) is 5.92 Å². The van der Waals surface area contributed by atoms with Gasteiger partial charge in [0.1, 0.15) is 5.69 Å². The van der Waals surface area contributed by atoms with Crippen LogP contribution >= 0.6 is 0 Å². The largest absolute Gasteiger partial charge is 0.342 e. The Morgan fingerprint density at radius 3 is 3.00 bits per heavy atom. The lowest BCUT2D eigenvalue weighted by Crippen LogP contribution is -2.06. The van der Waals surface area contributed by atoms with Gasteiger partial charge in [-0.15, -0.1) is 0 Å². The number of rotatable bonds is 3. The summed E-state index contributed by atoms with van der Waals surface area (Å²) in [6.07, 6.45) is 6.47. The molecule has 1 unspecified atom stereocenters. The van der Waals surface area contributed by atoms with Crippen molar-refractivity contribution < 1.29 is 8.78 Å². The third kappa shape index (κ3) is 1.50. The number of nitrogens with zero attached hydrogens (tertiary/aromatic N) is 3. The van der Waals surface area contributed by atoms with Crippen LogP contribution < -0.4 is 0 Å². The Labute approximate surface area is 90.3 Å². The van der Waals surface area contributed by atoms with Gasteiger partial charge in [0.05, 0.1) is 12.5 Å². The van der Waals surface area contributed by atoms with Crippen LogP contribution in [0.3, 0.4) is 0 Å². The molecule has 0 aliphatic heterocycles. The van der Waals surface area contributed by atoms with E-state index in [1.807, 2.05) is 0 Å². The van der Waals surface area contributed by atoms with Crippen LogP contribution in [0.25, 0.3) is 11.5 Å². The number of aromatic nitrogens is 4. The Morgan fingerprint density at radius 2 is 2.38 bits per heavy atom. The molecule has 0 radical (unpaired) electrons. The number of hydrogen-bond acceptors (Lipinski definition) is 2. The van der Waals surface area contributed by atoms with Gasteiger partial charge in [0, 0.05) is 31.3 Å². The summed E-state index contributed by atoms with van der Waals surface area (Å²) in [4.78, 5) is 10.9. The highest BCUT2D eigenvalue weighted by molar-refractivity contribution is 5.47. The number of alkyl halides is 2. The molecule has 1 N–H and O–H groups in total. The molecule has 2 heterocycles. The summed E-state index contributed by atoms with van der Waals surface area (Å²) in [6, 6.07) is 0. The first kappa shape index (κ1) is 9.50. The van der Waals surface area contributed by atoms with Crippen molar-refractivity contribution in [2.75, 3.05) is 0 Å². The zero-order valence-electron chi connectivity index (χ0n) is 8.40. The van der Waals surface area contributed by atoms with Gasteiger partial charge >= 0.3 is 0 Å². The number of hydrogen-bond donors (Lipinski definition) is 1. The first-order chi connectivity index (χ1) is 7.67. The summed E-state index contributed by atoms with van der Waals surface area (Å²) in [6.45, 7) is 0.307. The Morgan fingerprint density at radius 1 is 1.56 bits per heavy atom. The Kier molecular flexibility index (Phi) is 1.86. The average Bonchev–Trinajstić information content (AvgIpc) is 2.66. The highest BCUT2D eigenvalue weighted by atomic mass is 19.3. The van der Waals surface area contributed by atoms with E-state index in [0.717, 1.165) is 5.69 Å². The highest BCUT2D eigenvalue weighted by Crippen LogP contribution is 2.49. The summed E-state index contributed by atoms with van der Waals surface area (Å²) in [7, 11) is 0. The average molecular weight is 224 g/mol. The molecule has 2 aromatic rings. The van der Waals surface area contributed by atoms with Crippen LogP contribution in [0.5, 0.6) is 0 Å². The van der Waals surface area contributed by atoms with Crippen molar-refractivity contribution in [3.05, 3.63) is 24.9 Å². The van der Waals surface area contributed by atoms with Crippen molar-refractivity contribution in [1.82, 2.24) is 19.5 Å². The van der Waals surface area contributed by atoms with E-state index in [1.165, 1.54) is 0 Å². The third-order valence-electron chi connectivity index (χ3n) is 2.83. The summed E-state index contributed by atoms with van der Waals surface area (Å²) < 4.78 is 27.4. The third-order valence-corrected chi connectivity index (χ3v) is 2.83. The Hall–Kier alpha value is -1.72. The normalized spacial score (nSPS) is 22.2. The van der Waals surface area contributed by atoms with Crippen molar-refractivity contribution in [2.24, 2.45) is 5.92 Å². The first-order valence-electron chi connectivity index (χ1n) is 5.04. The molecule has 0 bridgehead atoms. The predicted molar refractivity (Wildman–Crippen MR) is 52.9 cm³/mol. The summed E-state index contributed by atoms with van der Waals surface area (Å²) >= 11 is 0. The number of aromatic amines is 1. The molecule has 1 aliphatic rings. The SMILES string of the molecule is FC1(F)CC1Cn1ccnc1-c1cnc[nH]1. The van der Waals surface area contributed by atoms with Crippen molar-refractivity contribution in [3.8, 4) is 11.5 Å². The maximum Gasteiger partial charge on any atom is 0.253 e. The van der Waals surface area contributed by atoms with Gasteiger partial charge < -0.3 is 9.55 Å². The lowest BCUT2D eigenvalue weighted by Gasteiger charge is -2.05. The molecule has 0 aromatic carbocycles. The number of imidazole rings is 2. The van der Waals surface area contributed by atoms with Gasteiger partial charge in [-0.2, -0.15) is 0 Å². The van der Waals surface area contributed by atoms with E-state index in [0.29, 0.717) is 12.4 Å². The molecule has 16 heavy (non-hydrogen) atoms. The molecule has 4 nitrogen and oxygen atoms in total.